The standard InChI is InChI=1S/C100H49N13O7/c101-13-2-4-16-110-34-59-39-12-20-108(17-5-14-102)56-30-54-78-84-83-76-45-27-44-65-43-25-37-24-40-42(97(117)50-32-104-91-86(74(50)64(40)43)82(65)75-51(98(91)118)33-109(18-6-15-103)55-28-47-69(70(44)79(55)75)71(45)85(84)90(106-54)77(47)100(119)120)21-35-22-48-72-63(37)99-107-89(76)80-58-29-46-66-52(105-53-31-57(81(72)95(67(46)53)113(58)99)111(92(48)60(114)23-35)19-3-1-7-61(115)116)11-9-36-8-10-38-41(62(36)66)26-49-73(80)88(83)96(87(78)68(39)56)112(59)94(49)93(38)110/h1-6,8-12,17-18,20-23,26,28-34,40,58,66,85,87,95,99,114,117-118H,7,16,19,24-25,27H2,(H,115,116)(H,119,120)/b3-1+,4-2+,17-5+,18-6+,42-21?,63-37-. The largest absolute Gasteiger partial charge is 0.507 e. The van der Waals surface area contributed by atoms with Crippen molar-refractivity contribution in [3.63, 3.8) is 0 Å². The molecule has 8 unspecified atom stereocenters. The van der Waals surface area contributed by atoms with Crippen LogP contribution in [-0.2, 0) is 9.59 Å². The molecule has 20 nitrogen and oxygen atoms in total. The number of benzene rings is 5. The number of nitrogens with zero attached hydrogens (tertiary/aromatic N) is 13. The number of carbonyl (C=O) groups is 2. The normalized spacial score (nSPS) is 27.6. The monoisotopic (exact) mass is 1540 g/mol. The first-order chi connectivity index (χ1) is 58.9. The number of aliphatic hydroxyl groups is 1. The highest BCUT2D eigenvalue weighted by Gasteiger charge is 2.66. The second-order valence-electron chi connectivity index (χ2n) is 35.2. The molecule has 6 aromatic rings. The van der Waals surface area contributed by atoms with E-state index in [1.807, 2.05) is 40.4 Å². The number of aliphatic hydroxyl groups excluding tert-OH is 1. The van der Waals surface area contributed by atoms with E-state index in [2.05, 4.69) is 111 Å². The maximum Gasteiger partial charge on any atom is 0.338 e. The molecule has 19 aliphatic heterocycles. The van der Waals surface area contributed by atoms with Gasteiger partial charge in [-0.15, -0.1) is 0 Å². The summed E-state index contributed by atoms with van der Waals surface area (Å²) in [6, 6.07) is 18.8. The molecule has 5 N–H and O–H groups in total. The maximum atomic E-state index is 15.8. The lowest BCUT2D eigenvalue weighted by atomic mass is 9.50. The molecular formula is C100H49N13O7. The third-order valence-corrected chi connectivity index (χ3v) is 30.8. The highest BCUT2D eigenvalue weighted by molar-refractivity contribution is 6.37. The quantitative estimate of drug-likeness (QED) is 0.0664. The second kappa shape index (κ2) is 19.0. The first-order valence-electron chi connectivity index (χ1n) is 40.8. The Labute approximate surface area is 678 Å². The third kappa shape index (κ3) is 6.06. The summed E-state index contributed by atoms with van der Waals surface area (Å²) in [6.07, 6.45) is 37.1. The van der Waals surface area contributed by atoms with Crippen LogP contribution in [0, 0.1) is 51.7 Å². The summed E-state index contributed by atoms with van der Waals surface area (Å²) in [4.78, 5) is 66.1. The van der Waals surface area contributed by atoms with Gasteiger partial charge in [0.2, 0.25) is 0 Å². The van der Waals surface area contributed by atoms with Gasteiger partial charge in [0.15, 0.2) is 5.75 Å². The van der Waals surface area contributed by atoms with Crippen molar-refractivity contribution in [2.75, 3.05) is 32.7 Å². The van der Waals surface area contributed by atoms with Gasteiger partial charge in [0.25, 0.3) is 0 Å². The Morgan fingerprint density at radius 1 is 0.642 bits per heavy atom. The number of carboxylic acid groups (broad SMARTS) is 2. The van der Waals surface area contributed by atoms with E-state index in [9.17, 15) is 46.1 Å². The van der Waals surface area contributed by atoms with Crippen molar-refractivity contribution in [2.24, 2.45) is 32.7 Å². The van der Waals surface area contributed by atoms with Crippen LogP contribution in [0.25, 0.3) is 95.9 Å². The zero-order chi connectivity index (χ0) is 78.4. The van der Waals surface area contributed by atoms with Crippen LogP contribution in [0.1, 0.15) is 87.2 Å². The number of fused-ring (bicyclic) bond motifs is 1. The molecule has 32 rings (SSSR count). The van der Waals surface area contributed by atoms with Gasteiger partial charge in [-0.3, -0.25) is 29.7 Å². The van der Waals surface area contributed by atoms with Gasteiger partial charge >= 0.3 is 11.9 Å². The Morgan fingerprint density at radius 2 is 1.51 bits per heavy atom. The van der Waals surface area contributed by atoms with E-state index in [1.165, 1.54) is 12.2 Å². The fourth-order valence-corrected chi connectivity index (χ4v) is 27.4. The number of phenolic OH excluding ortho intramolecular Hbond substituents is 2. The van der Waals surface area contributed by atoms with Crippen LogP contribution >= 0.6 is 0 Å². The minimum absolute atomic E-state index is 0.00138. The number of dihydropyridines is 1. The van der Waals surface area contributed by atoms with E-state index < -0.39 is 47.9 Å². The van der Waals surface area contributed by atoms with Crippen LogP contribution in [-0.4, -0.2) is 101 Å². The van der Waals surface area contributed by atoms with Crippen molar-refractivity contribution in [3.05, 3.63) is 324 Å². The Hall–Kier alpha value is -15.7. The summed E-state index contributed by atoms with van der Waals surface area (Å²) in [6.45, 7) is 0.529. The van der Waals surface area contributed by atoms with E-state index in [1.54, 1.807) is 36.8 Å². The van der Waals surface area contributed by atoms with Crippen molar-refractivity contribution < 1.29 is 35.1 Å². The number of aromatic nitrogens is 1. The van der Waals surface area contributed by atoms with E-state index in [-0.39, 0.29) is 41.7 Å². The Bertz CT molecular complexity index is 8270. The van der Waals surface area contributed by atoms with Crippen LogP contribution < -0.4 is 30.0 Å². The third-order valence-electron chi connectivity index (χ3n) is 30.8. The van der Waals surface area contributed by atoms with Crippen LogP contribution in [0.4, 0.5) is 22.7 Å². The number of aromatic hydroxyl groups is 2. The van der Waals surface area contributed by atoms with Gasteiger partial charge in [0.05, 0.1) is 123 Å². The number of aliphatic imine (C=N–C) groups is 3. The molecule has 20 heterocycles. The van der Waals surface area contributed by atoms with E-state index in [0.717, 1.165) is 235 Å². The molecule has 0 radical (unpaired) electrons. The minimum atomic E-state index is -1.15. The Kier molecular flexibility index (Phi) is 9.65. The van der Waals surface area contributed by atoms with Gasteiger partial charge in [-0.2, -0.15) is 15.8 Å². The van der Waals surface area contributed by atoms with Crippen LogP contribution in [0.2, 0.25) is 0 Å². The number of pyridine rings is 1. The molecule has 0 saturated carbocycles. The molecule has 5 aromatic carbocycles. The molecule has 26 aliphatic rings. The zero-order valence-electron chi connectivity index (χ0n) is 62.6. The number of aliphatic carboxylic acids is 2. The van der Waals surface area contributed by atoms with Crippen molar-refractivity contribution in [3.8, 4) is 40.8 Å². The lowest BCUT2D eigenvalue weighted by molar-refractivity contribution is -0.136. The number of anilines is 4. The predicted molar refractivity (Wildman–Crippen MR) is 450 cm³/mol. The maximum absolute atomic E-state index is 15.8. The molecule has 0 spiro atoms. The fourth-order valence-electron chi connectivity index (χ4n) is 27.4. The van der Waals surface area contributed by atoms with Crippen molar-refractivity contribution in [2.45, 2.75) is 49.9 Å². The number of carboxylic acids is 2. The van der Waals surface area contributed by atoms with Gasteiger partial charge < -0.3 is 50.0 Å². The van der Waals surface area contributed by atoms with Gasteiger partial charge in [-0.1, -0.05) is 48.1 Å². The fraction of sp³-hybridized carbons (Fsp3) is 0.130. The van der Waals surface area contributed by atoms with Gasteiger partial charge in [-0.05, 0) is 180 Å². The number of nitriles is 3. The van der Waals surface area contributed by atoms with Crippen LogP contribution in [0.15, 0.2) is 273 Å². The molecular weight excluding hydrogens is 1500 g/mol. The first-order valence-corrected chi connectivity index (χ1v) is 40.8. The van der Waals surface area contributed by atoms with E-state index in [4.69, 9.17) is 20.0 Å². The number of allylic oxidation sites excluding steroid dienone is 20. The molecule has 1 aromatic heterocycles. The average Bonchev–Trinajstić information content (AvgIpc) is 0.628. The number of hydrogen-bond acceptors (Lipinski definition) is 18. The molecule has 556 valence electrons. The van der Waals surface area contributed by atoms with Crippen LogP contribution in [0.3, 0.4) is 0 Å². The van der Waals surface area contributed by atoms with Crippen molar-refractivity contribution in [1.29, 1.82) is 15.8 Å². The van der Waals surface area contributed by atoms with E-state index >= 15 is 4.79 Å². The predicted octanol–water partition coefficient (Wildman–Crippen LogP) is 14.3. The van der Waals surface area contributed by atoms with Gasteiger partial charge in [0.1, 0.15) is 23.2 Å². The molecule has 0 fully saturated rings. The highest BCUT2D eigenvalue weighted by atomic mass is 16.4. The Balaban J connectivity index is 0.837. The lowest BCUT2D eigenvalue weighted by Crippen LogP contribution is -2.62. The molecule has 7 aliphatic carbocycles. The van der Waals surface area contributed by atoms with Gasteiger partial charge in [0, 0.05) is 191 Å². The number of rotatable bonds is 9. The molecule has 8 atom stereocenters. The molecule has 0 saturated heterocycles. The Morgan fingerprint density at radius 3 is 2.38 bits per heavy atom. The average molecular weight is 1540 g/mol. The first kappa shape index (κ1) is 60.8. The molecule has 62 bridgehead atoms. The zero-order valence-corrected chi connectivity index (χ0v) is 62.6. The van der Waals surface area contributed by atoms with Crippen molar-refractivity contribution >= 4 is 137 Å². The summed E-state index contributed by atoms with van der Waals surface area (Å²) in [5.74, 6) is -4.39. The van der Waals surface area contributed by atoms with Crippen LogP contribution in [0.5, 0.6) is 11.5 Å². The lowest BCUT2D eigenvalue weighted by Gasteiger charge is -2.61. The summed E-state index contributed by atoms with van der Waals surface area (Å²) in [7, 11) is 0. The summed E-state index contributed by atoms with van der Waals surface area (Å²) in [5.41, 5.74) is 42.7. The minimum Gasteiger partial charge on any atom is -0.507 e. The molecule has 120 heavy (non-hydrogen) atoms. The van der Waals surface area contributed by atoms with Gasteiger partial charge in [-0.25, -0.2) is 4.79 Å². The summed E-state index contributed by atoms with van der Waals surface area (Å²) >= 11 is 0. The topological polar surface area (TPSA) is 276 Å². The molecule has 20 heteroatoms. The summed E-state index contributed by atoms with van der Waals surface area (Å²) < 4.78 is 0. The SMILES string of the molecule is N#C/C=C/CN1C=C2C3=C4C(=CC5=NC6=C(C(=O)O)c7cc8c9c%10c7C7=C%11CC%10=C%10C%12=C%13c%14c(cnc%15c(O)c(c-9c%10c%14%15)=CN8/C=C/C#N)=C(O)C8=Cc9cc(O)c%10c(c9)C9=C%14C(=CC%15=C%16C%17=CC%18C%19=C%20C%21=C(C4C5=C(C%21=C%11C%19=NC(/C9=C(\C%12)CC8%13)N%18C%16%14)C67)N2c2c%20cc4c5c(ccc4c21)C=CC(=N%15)C%175)N%10C/C=C/CC(=O)O)N(/C=C/C#N)C=C3. The number of phenols is 2. The smallest absolute Gasteiger partial charge is 0.338 e. The second-order valence-corrected chi connectivity index (χ2v) is 35.2. The molecule has 0 amide bonds. The van der Waals surface area contributed by atoms with E-state index in [0.29, 0.717) is 86.6 Å². The highest BCUT2D eigenvalue weighted by Crippen LogP contribution is 2.77. The summed E-state index contributed by atoms with van der Waals surface area (Å²) in [5, 5.41) is 99.3. The number of hydrogen-bond donors (Lipinski definition) is 5. The van der Waals surface area contributed by atoms with Crippen molar-refractivity contribution in [1.82, 2.24) is 14.8 Å².